The molecule has 0 saturated carbocycles. The SMILES string of the molecule is CCn1nc(C)c(CN2CCC(CO)CC2)c1C. The first-order chi connectivity index (χ1) is 8.65. The Morgan fingerprint density at radius 3 is 2.44 bits per heavy atom. The molecule has 1 aliphatic rings. The molecule has 2 heterocycles. The molecule has 18 heavy (non-hydrogen) atoms. The summed E-state index contributed by atoms with van der Waals surface area (Å²) in [5.74, 6) is 0.516. The van der Waals surface area contributed by atoms with Crippen LogP contribution in [0.15, 0.2) is 0 Å². The number of aromatic nitrogens is 2. The maximum absolute atomic E-state index is 9.16. The fourth-order valence-corrected chi connectivity index (χ4v) is 2.82. The van der Waals surface area contributed by atoms with Crippen molar-refractivity contribution < 1.29 is 5.11 Å². The Kier molecular flexibility index (Phi) is 4.40. The van der Waals surface area contributed by atoms with Crippen LogP contribution in [0, 0.1) is 19.8 Å². The van der Waals surface area contributed by atoms with E-state index < -0.39 is 0 Å². The molecule has 0 aromatic carbocycles. The third kappa shape index (κ3) is 2.75. The van der Waals surface area contributed by atoms with Crippen LogP contribution >= 0.6 is 0 Å². The van der Waals surface area contributed by atoms with Crippen molar-refractivity contribution in [1.29, 1.82) is 0 Å². The summed E-state index contributed by atoms with van der Waals surface area (Å²) >= 11 is 0. The fraction of sp³-hybridized carbons (Fsp3) is 0.786. The van der Waals surface area contributed by atoms with E-state index in [9.17, 15) is 0 Å². The van der Waals surface area contributed by atoms with Gasteiger partial charge in [-0.25, -0.2) is 0 Å². The second-order valence-electron chi connectivity index (χ2n) is 5.37. The number of aliphatic hydroxyl groups is 1. The minimum atomic E-state index is 0.347. The molecule has 1 fully saturated rings. The number of aliphatic hydroxyl groups excluding tert-OH is 1. The van der Waals surface area contributed by atoms with E-state index in [0.717, 1.165) is 39.0 Å². The number of aryl methyl sites for hydroxylation is 2. The van der Waals surface area contributed by atoms with Crippen LogP contribution in [0.25, 0.3) is 0 Å². The van der Waals surface area contributed by atoms with E-state index in [1.807, 2.05) is 0 Å². The van der Waals surface area contributed by atoms with Gasteiger partial charge >= 0.3 is 0 Å². The van der Waals surface area contributed by atoms with Crippen LogP contribution < -0.4 is 0 Å². The van der Waals surface area contributed by atoms with Gasteiger partial charge in [0.1, 0.15) is 0 Å². The summed E-state index contributed by atoms with van der Waals surface area (Å²) in [6.45, 7) is 10.9. The van der Waals surface area contributed by atoms with Crippen LogP contribution in [0.2, 0.25) is 0 Å². The first-order valence-corrected chi connectivity index (χ1v) is 7.01. The van der Waals surface area contributed by atoms with Gasteiger partial charge in [0.2, 0.25) is 0 Å². The van der Waals surface area contributed by atoms with Crippen molar-refractivity contribution >= 4 is 0 Å². The molecule has 1 aromatic heterocycles. The molecule has 1 saturated heterocycles. The minimum Gasteiger partial charge on any atom is -0.396 e. The van der Waals surface area contributed by atoms with Gasteiger partial charge in [0, 0.05) is 31.0 Å². The van der Waals surface area contributed by atoms with Gasteiger partial charge in [-0.3, -0.25) is 9.58 Å². The molecule has 1 aliphatic heterocycles. The van der Waals surface area contributed by atoms with E-state index in [-0.39, 0.29) is 0 Å². The van der Waals surface area contributed by atoms with Crippen molar-refractivity contribution in [2.45, 2.75) is 46.7 Å². The van der Waals surface area contributed by atoms with Gasteiger partial charge in [0.25, 0.3) is 0 Å². The van der Waals surface area contributed by atoms with Gasteiger partial charge in [0.05, 0.1) is 5.69 Å². The third-order valence-corrected chi connectivity index (χ3v) is 4.18. The van der Waals surface area contributed by atoms with Crippen LogP contribution in [0.1, 0.15) is 36.7 Å². The van der Waals surface area contributed by atoms with Crippen LogP contribution in [-0.2, 0) is 13.1 Å². The zero-order chi connectivity index (χ0) is 13.1. The maximum atomic E-state index is 9.16. The molecule has 0 amide bonds. The Morgan fingerprint density at radius 1 is 1.28 bits per heavy atom. The molecule has 4 nitrogen and oxygen atoms in total. The molecule has 1 aromatic rings. The highest BCUT2D eigenvalue weighted by Crippen LogP contribution is 2.21. The van der Waals surface area contributed by atoms with Gasteiger partial charge in [-0.15, -0.1) is 0 Å². The minimum absolute atomic E-state index is 0.347. The van der Waals surface area contributed by atoms with Gasteiger partial charge in [-0.1, -0.05) is 0 Å². The number of hydrogen-bond acceptors (Lipinski definition) is 3. The van der Waals surface area contributed by atoms with Crippen LogP contribution in [0.4, 0.5) is 0 Å². The fourth-order valence-electron chi connectivity index (χ4n) is 2.82. The average Bonchev–Trinajstić information content (AvgIpc) is 2.67. The molecule has 2 rings (SSSR count). The molecule has 1 N–H and O–H groups in total. The number of nitrogens with zero attached hydrogens (tertiary/aromatic N) is 3. The van der Waals surface area contributed by atoms with Crippen molar-refractivity contribution in [2.24, 2.45) is 5.92 Å². The summed E-state index contributed by atoms with van der Waals surface area (Å²) in [7, 11) is 0. The highest BCUT2D eigenvalue weighted by molar-refractivity contribution is 5.24. The molecule has 102 valence electrons. The lowest BCUT2D eigenvalue weighted by atomic mass is 9.97. The third-order valence-electron chi connectivity index (χ3n) is 4.18. The Hall–Kier alpha value is -0.870. The first kappa shape index (κ1) is 13.6. The zero-order valence-corrected chi connectivity index (χ0v) is 11.8. The van der Waals surface area contributed by atoms with Gasteiger partial charge in [-0.05, 0) is 52.6 Å². The smallest absolute Gasteiger partial charge is 0.0641 e. The van der Waals surface area contributed by atoms with Crippen molar-refractivity contribution in [3.05, 3.63) is 17.0 Å². The predicted molar refractivity (Wildman–Crippen MR) is 72.5 cm³/mol. The van der Waals surface area contributed by atoms with Crippen LogP contribution in [0.5, 0.6) is 0 Å². The highest BCUT2D eigenvalue weighted by Gasteiger charge is 2.20. The summed E-state index contributed by atoms with van der Waals surface area (Å²) in [4.78, 5) is 2.49. The normalized spacial score (nSPS) is 18.4. The number of rotatable bonds is 4. The molecule has 0 aliphatic carbocycles. The summed E-state index contributed by atoms with van der Waals surface area (Å²) in [6.07, 6.45) is 2.24. The lowest BCUT2D eigenvalue weighted by Crippen LogP contribution is -2.34. The highest BCUT2D eigenvalue weighted by atomic mass is 16.3. The van der Waals surface area contributed by atoms with Crippen molar-refractivity contribution in [3.63, 3.8) is 0 Å². The molecular formula is C14H25N3O. The maximum Gasteiger partial charge on any atom is 0.0641 e. The lowest BCUT2D eigenvalue weighted by molar-refractivity contribution is 0.127. The van der Waals surface area contributed by atoms with Crippen molar-refractivity contribution in [1.82, 2.24) is 14.7 Å². The summed E-state index contributed by atoms with van der Waals surface area (Å²) < 4.78 is 2.09. The Bertz CT molecular complexity index is 392. The molecule has 0 unspecified atom stereocenters. The van der Waals surface area contributed by atoms with Crippen molar-refractivity contribution in [3.8, 4) is 0 Å². The molecule has 0 bridgehead atoms. The standard InChI is InChI=1S/C14H25N3O/c1-4-17-12(3)14(11(2)15-17)9-16-7-5-13(10-18)6-8-16/h13,18H,4-10H2,1-3H3. The average molecular weight is 251 g/mol. The summed E-state index contributed by atoms with van der Waals surface area (Å²) in [6, 6.07) is 0. The predicted octanol–water partition coefficient (Wildman–Crippen LogP) is 1.72. The van der Waals surface area contributed by atoms with Gasteiger partial charge < -0.3 is 5.11 Å². The largest absolute Gasteiger partial charge is 0.396 e. The summed E-state index contributed by atoms with van der Waals surface area (Å²) in [5, 5.41) is 13.7. The van der Waals surface area contributed by atoms with Crippen molar-refractivity contribution in [2.75, 3.05) is 19.7 Å². The Balaban J connectivity index is 2.00. The van der Waals surface area contributed by atoms with Gasteiger partial charge in [0.15, 0.2) is 0 Å². The van der Waals surface area contributed by atoms with E-state index in [0.29, 0.717) is 12.5 Å². The molecular weight excluding hydrogens is 226 g/mol. The number of piperidine rings is 1. The van der Waals surface area contributed by atoms with E-state index in [4.69, 9.17) is 5.11 Å². The molecule has 0 atom stereocenters. The molecule has 0 radical (unpaired) electrons. The number of hydrogen-bond donors (Lipinski definition) is 1. The second kappa shape index (κ2) is 5.85. The molecule has 0 spiro atoms. The van der Waals surface area contributed by atoms with E-state index >= 15 is 0 Å². The summed E-state index contributed by atoms with van der Waals surface area (Å²) in [5.41, 5.74) is 3.86. The van der Waals surface area contributed by atoms with Crippen LogP contribution in [-0.4, -0.2) is 39.5 Å². The Labute approximate surface area is 110 Å². The molecule has 4 heteroatoms. The lowest BCUT2D eigenvalue weighted by Gasteiger charge is -2.31. The number of likely N-dealkylation sites (tertiary alicyclic amines) is 1. The quantitative estimate of drug-likeness (QED) is 0.886. The van der Waals surface area contributed by atoms with E-state index in [1.54, 1.807) is 0 Å². The van der Waals surface area contributed by atoms with Crippen LogP contribution in [0.3, 0.4) is 0 Å². The second-order valence-corrected chi connectivity index (χ2v) is 5.37. The van der Waals surface area contributed by atoms with Gasteiger partial charge in [-0.2, -0.15) is 5.10 Å². The monoisotopic (exact) mass is 251 g/mol. The first-order valence-electron chi connectivity index (χ1n) is 7.01. The van der Waals surface area contributed by atoms with E-state index in [1.165, 1.54) is 17.0 Å². The zero-order valence-electron chi connectivity index (χ0n) is 11.8. The Morgan fingerprint density at radius 2 is 1.94 bits per heavy atom. The topological polar surface area (TPSA) is 41.3 Å². The van der Waals surface area contributed by atoms with E-state index in [2.05, 4.69) is 35.5 Å².